The van der Waals surface area contributed by atoms with Gasteiger partial charge >= 0.3 is 5.97 Å². The van der Waals surface area contributed by atoms with E-state index in [0.717, 1.165) is 0 Å². The molecule has 0 spiro atoms. The molecule has 3 heterocycles. The summed E-state index contributed by atoms with van der Waals surface area (Å²) in [5, 5.41) is 22.0. The molecular weight excluding hydrogens is 368 g/mol. The molecule has 0 amide bonds. The third-order valence-corrected chi connectivity index (χ3v) is 5.46. The molecule has 3 aliphatic heterocycles. The van der Waals surface area contributed by atoms with Crippen molar-refractivity contribution in [3.63, 3.8) is 0 Å². The van der Waals surface area contributed by atoms with E-state index in [1.165, 1.54) is 0 Å². The Balaban J connectivity index is 1.78. The van der Waals surface area contributed by atoms with Crippen LogP contribution in [0.1, 0.15) is 39.2 Å². The zero-order chi connectivity index (χ0) is 20.3. The summed E-state index contributed by atoms with van der Waals surface area (Å²) in [4.78, 5) is 12.3. The number of benzene rings is 1. The fourth-order valence-electron chi connectivity index (χ4n) is 4.39. The molecule has 1 aromatic rings. The summed E-state index contributed by atoms with van der Waals surface area (Å²) in [6, 6.07) is 8.57. The second-order valence-corrected chi connectivity index (χ2v) is 8.42. The Labute approximate surface area is 163 Å². The number of fused-ring (bicyclic) bond motifs is 1. The van der Waals surface area contributed by atoms with E-state index in [2.05, 4.69) is 0 Å². The Kier molecular flexibility index (Phi) is 4.57. The highest BCUT2D eigenvalue weighted by Gasteiger charge is 2.70. The number of carboxylic acid groups (broad SMARTS) is 1. The first-order valence-electron chi connectivity index (χ1n) is 9.36. The summed E-state index contributed by atoms with van der Waals surface area (Å²) < 4.78 is 29.2. The van der Waals surface area contributed by atoms with Gasteiger partial charge in [-0.3, -0.25) is 4.79 Å². The lowest BCUT2D eigenvalue weighted by atomic mass is 9.74. The van der Waals surface area contributed by atoms with Crippen molar-refractivity contribution in [2.75, 3.05) is 6.61 Å². The molecule has 28 heavy (non-hydrogen) atoms. The average molecular weight is 394 g/mol. The van der Waals surface area contributed by atoms with E-state index in [0.29, 0.717) is 5.56 Å². The maximum Gasteiger partial charge on any atom is 0.314 e. The predicted octanol–water partition coefficient (Wildman–Crippen LogP) is 1.61. The Bertz CT molecular complexity index is 748. The molecule has 0 saturated carbocycles. The molecule has 4 rings (SSSR count). The third-order valence-electron chi connectivity index (χ3n) is 5.46. The molecule has 6 atom stereocenters. The fraction of sp³-hybridized carbons (Fsp3) is 0.650. The highest BCUT2D eigenvalue weighted by atomic mass is 16.8. The van der Waals surface area contributed by atoms with Crippen molar-refractivity contribution in [2.45, 2.75) is 75.4 Å². The van der Waals surface area contributed by atoms with Gasteiger partial charge in [0.1, 0.15) is 29.8 Å². The number of carboxylic acids is 1. The summed E-state index contributed by atoms with van der Waals surface area (Å²) in [6.07, 6.45) is -3.60. The number of aliphatic carboxylic acids is 1. The van der Waals surface area contributed by atoms with Gasteiger partial charge in [0.15, 0.2) is 17.9 Å². The molecule has 0 bridgehead atoms. The van der Waals surface area contributed by atoms with Gasteiger partial charge in [0.25, 0.3) is 0 Å². The number of rotatable bonds is 4. The molecule has 0 aliphatic carbocycles. The third kappa shape index (κ3) is 3.14. The summed E-state index contributed by atoms with van der Waals surface area (Å²) in [5.74, 6) is -4.37. The van der Waals surface area contributed by atoms with Gasteiger partial charge in [-0.1, -0.05) is 30.3 Å². The number of carbonyl (C=O) groups is 1. The van der Waals surface area contributed by atoms with Gasteiger partial charge in [0.05, 0.1) is 6.61 Å². The topological polar surface area (TPSA) is 104 Å². The molecule has 0 unspecified atom stereocenters. The molecule has 3 aliphatic rings. The van der Waals surface area contributed by atoms with Gasteiger partial charge in [-0.2, -0.15) is 0 Å². The first kappa shape index (κ1) is 19.8. The highest BCUT2D eigenvalue weighted by Crippen LogP contribution is 2.51. The van der Waals surface area contributed by atoms with Crippen molar-refractivity contribution in [2.24, 2.45) is 0 Å². The number of hydrogen-bond acceptors (Lipinski definition) is 7. The van der Waals surface area contributed by atoms with E-state index in [1.54, 1.807) is 58.0 Å². The summed E-state index contributed by atoms with van der Waals surface area (Å²) >= 11 is 0. The number of ether oxygens (including phenoxy) is 5. The maximum absolute atomic E-state index is 12.3. The molecular formula is C20H26O8. The van der Waals surface area contributed by atoms with Gasteiger partial charge in [-0.05, 0) is 33.3 Å². The minimum Gasteiger partial charge on any atom is -0.481 e. The van der Waals surface area contributed by atoms with Crippen LogP contribution in [0.15, 0.2) is 30.3 Å². The van der Waals surface area contributed by atoms with Crippen LogP contribution in [0, 0.1) is 0 Å². The molecule has 3 saturated heterocycles. The Morgan fingerprint density at radius 2 is 1.71 bits per heavy atom. The zero-order valence-electron chi connectivity index (χ0n) is 16.3. The second kappa shape index (κ2) is 6.48. The van der Waals surface area contributed by atoms with Gasteiger partial charge in [0.2, 0.25) is 0 Å². The molecule has 2 N–H and O–H groups in total. The van der Waals surface area contributed by atoms with Crippen LogP contribution >= 0.6 is 0 Å². The van der Waals surface area contributed by atoms with E-state index in [9.17, 15) is 15.0 Å². The van der Waals surface area contributed by atoms with Crippen LogP contribution in [0.3, 0.4) is 0 Å². The maximum atomic E-state index is 12.3. The van der Waals surface area contributed by atoms with Crippen molar-refractivity contribution >= 4 is 5.97 Å². The minimum atomic E-state index is -1.93. The van der Waals surface area contributed by atoms with Crippen LogP contribution in [0.5, 0.6) is 0 Å². The van der Waals surface area contributed by atoms with Crippen LogP contribution < -0.4 is 0 Å². The lowest BCUT2D eigenvalue weighted by Crippen LogP contribution is -2.59. The lowest BCUT2D eigenvalue weighted by Gasteiger charge is -2.39. The first-order chi connectivity index (χ1) is 13.0. The Morgan fingerprint density at radius 1 is 1.04 bits per heavy atom. The Hall–Kier alpha value is -1.55. The van der Waals surface area contributed by atoms with Crippen molar-refractivity contribution in [3.05, 3.63) is 35.9 Å². The zero-order valence-corrected chi connectivity index (χ0v) is 16.3. The van der Waals surface area contributed by atoms with Crippen LogP contribution in [0.4, 0.5) is 0 Å². The van der Waals surface area contributed by atoms with E-state index in [-0.39, 0.29) is 6.61 Å². The monoisotopic (exact) mass is 394 g/mol. The van der Waals surface area contributed by atoms with Crippen LogP contribution in [-0.4, -0.2) is 64.6 Å². The normalized spacial score (nSPS) is 39.6. The van der Waals surface area contributed by atoms with Crippen molar-refractivity contribution < 1.29 is 38.7 Å². The van der Waals surface area contributed by atoms with Gasteiger partial charge in [0, 0.05) is 0 Å². The summed E-state index contributed by atoms with van der Waals surface area (Å²) in [6.45, 7) is 7.05. The summed E-state index contributed by atoms with van der Waals surface area (Å²) in [7, 11) is 0. The van der Waals surface area contributed by atoms with E-state index >= 15 is 0 Å². The highest BCUT2D eigenvalue weighted by molar-refractivity contribution is 5.78. The minimum absolute atomic E-state index is 0.157. The summed E-state index contributed by atoms with van der Waals surface area (Å²) in [5.41, 5.74) is -1.49. The molecule has 3 fully saturated rings. The van der Waals surface area contributed by atoms with Crippen molar-refractivity contribution in [3.8, 4) is 0 Å². The van der Waals surface area contributed by atoms with Gasteiger partial charge < -0.3 is 33.9 Å². The van der Waals surface area contributed by atoms with Gasteiger partial charge in [-0.15, -0.1) is 0 Å². The lowest BCUT2D eigenvalue weighted by molar-refractivity contribution is -0.251. The fourth-order valence-corrected chi connectivity index (χ4v) is 4.39. The smallest absolute Gasteiger partial charge is 0.314 e. The van der Waals surface area contributed by atoms with Crippen LogP contribution in [0.2, 0.25) is 0 Å². The number of hydrogen-bond donors (Lipinski definition) is 2. The molecule has 0 aromatic heterocycles. The largest absolute Gasteiger partial charge is 0.481 e. The van der Waals surface area contributed by atoms with E-state index in [1.807, 2.05) is 0 Å². The molecule has 1 aromatic carbocycles. The number of aliphatic hydroxyl groups is 1. The van der Waals surface area contributed by atoms with Crippen molar-refractivity contribution in [1.82, 2.24) is 0 Å². The Morgan fingerprint density at radius 3 is 2.29 bits per heavy atom. The van der Waals surface area contributed by atoms with E-state index < -0.39 is 53.7 Å². The molecule has 8 heteroatoms. The first-order valence-corrected chi connectivity index (χ1v) is 9.36. The van der Waals surface area contributed by atoms with Crippen LogP contribution in [0.25, 0.3) is 0 Å². The second-order valence-electron chi connectivity index (χ2n) is 8.42. The van der Waals surface area contributed by atoms with E-state index in [4.69, 9.17) is 23.7 Å². The molecule has 154 valence electrons. The average Bonchev–Trinajstić information content (AvgIpc) is 3.18. The van der Waals surface area contributed by atoms with Crippen LogP contribution in [-0.2, 0) is 28.5 Å². The standard InChI is InChI=1S/C20H26O8/c1-18(2)24-10-12(26-18)14-20(23,15-17(25-14)28-19(3,4)27-15)13(16(21)22)11-8-6-5-7-9-11/h5-9,12-15,17,23H,10H2,1-4H3,(H,21,22)/t12-,13-,14-,15+,17-,20-/m1/s1. The molecule has 0 radical (unpaired) electrons. The van der Waals surface area contributed by atoms with Crippen molar-refractivity contribution in [1.29, 1.82) is 0 Å². The SMILES string of the molecule is CC1(C)OC[C@H]([C@H]2O[C@@H]3OC(C)(C)O[C@@H]3[C@@]2(O)[C@@H](C(=O)O)c2ccccc2)O1. The van der Waals surface area contributed by atoms with Gasteiger partial charge in [-0.25, -0.2) is 0 Å². The quantitative estimate of drug-likeness (QED) is 0.794. The predicted molar refractivity (Wildman–Crippen MR) is 95.4 cm³/mol. The molecule has 8 nitrogen and oxygen atoms in total.